The summed E-state index contributed by atoms with van der Waals surface area (Å²) in [7, 11) is -3.74. The summed E-state index contributed by atoms with van der Waals surface area (Å²) in [4.78, 5) is 15.1. The maximum Gasteiger partial charge on any atom is 0.257 e. The Morgan fingerprint density at radius 3 is 2.69 bits per heavy atom. The first-order chi connectivity index (χ1) is 15.4. The average Bonchev–Trinajstić information content (AvgIpc) is 3.33. The van der Waals surface area contributed by atoms with E-state index in [2.05, 4.69) is 5.16 Å². The molecule has 2 aliphatic rings. The third-order valence-electron chi connectivity index (χ3n) is 5.87. The summed E-state index contributed by atoms with van der Waals surface area (Å²) in [6, 6.07) is 7.17. The van der Waals surface area contributed by atoms with Crippen LogP contribution in [-0.2, 0) is 14.8 Å². The van der Waals surface area contributed by atoms with Crippen molar-refractivity contribution in [1.82, 2.24) is 14.4 Å². The molecule has 1 aromatic heterocycles. The number of rotatable bonds is 6. The van der Waals surface area contributed by atoms with Crippen LogP contribution in [0.2, 0.25) is 0 Å². The van der Waals surface area contributed by atoms with E-state index in [1.807, 2.05) is 6.07 Å². The molecule has 4 rings (SSSR count). The van der Waals surface area contributed by atoms with Crippen molar-refractivity contribution in [2.75, 3.05) is 39.4 Å². The van der Waals surface area contributed by atoms with Crippen molar-refractivity contribution in [2.45, 2.75) is 44.1 Å². The number of aryl methyl sites for hydroxylation is 2. The van der Waals surface area contributed by atoms with Crippen LogP contribution in [0.1, 0.15) is 41.1 Å². The molecule has 0 spiro atoms. The summed E-state index contributed by atoms with van der Waals surface area (Å²) in [6.07, 6.45) is 2.57. The highest BCUT2D eigenvalue weighted by Crippen LogP contribution is 2.26. The van der Waals surface area contributed by atoms with Gasteiger partial charge in [-0.2, -0.15) is 4.31 Å². The highest BCUT2D eigenvalue weighted by Gasteiger charge is 2.33. The number of sulfonamides is 1. The molecule has 0 N–H and O–H groups in total. The zero-order valence-electron chi connectivity index (χ0n) is 18.5. The number of carbonyl (C=O) groups excluding carboxylic acids is 1. The number of hydrogen-bond acceptors (Lipinski definition) is 7. The minimum Gasteiger partial charge on any atom is -0.490 e. The van der Waals surface area contributed by atoms with Crippen molar-refractivity contribution in [3.8, 4) is 5.75 Å². The van der Waals surface area contributed by atoms with E-state index in [-0.39, 0.29) is 29.2 Å². The molecule has 0 saturated carbocycles. The van der Waals surface area contributed by atoms with E-state index in [0.29, 0.717) is 49.7 Å². The molecule has 1 aromatic carbocycles. The van der Waals surface area contributed by atoms with Crippen LogP contribution >= 0.6 is 0 Å². The van der Waals surface area contributed by atoms with Gasteiger partial charge in [-0.1, -0.05) is 17.3 Å². The van der Waals surface area contributed by atoms with Crippen molar-refractivity contribution < 1.29 is 27.2 Å². The summed E-state index contributed by atoms with van der Waals surface area (Å²) in [6.45, 7) is 5.65. The summed E-state index contributed by atoms with van der Waals surface area (Å²) in [5.41, 5.74) is 0.824. The second-order valence-electron chi connectivity index (χ2n) is 8.15. The van der Waals surface area contributed by atoms with Crippen LogP contribution in [0.3, 0.4) is 0 Å². The second kappa shape index (κ2) is 9.60. The van der Waals surface area contributed by atoms with E-state index >= 15 is 0 Å². The van der Waals surface area contributed by atoms with Gasteiger partial charge in [-0.05, 0) is 45.2 Å². The Hall–Kier alpha value is -2.43. The second-order valence-corrected chi connectivity index (χ2v) is 10.0. The highest BCUT2D eigenvalue weighted by molar-refractivity contribution is 7.89. The van der Waals surface area contributed by atoms with Crippen molar-refractivity contribution >= 4 is 15.9 Å². The molecule has 0 aliphatic carbocycles. The molecule has 3 heterocycles. The number of nitrogens with zero attached hydrogens (tertiary/aromatic N) is 3. The molecule has 0 bridgehead atoms. The maximum atomic E-state index is 13.3. The van der Waals surface area contributed by atoms with Gasteiger partial charge in [-0.15, -0.1) is 0 Å². The van der Waals surface area contributed by atoms with Crippen LogP contribution in [0.5, 0.6) is 5.75 Å². The van der Waals surface area contributed by atoms with Crippen molar-refractivity contribution in [3.63, 3.8) is 0 Å². The van der Waals surface area contributed by atoms with Gasteiger partial charge in [0.2, 0.25) is 10.0 Å². The molecule has 32 heavy (non-hydrogen) atoms. The van der Waals surface area contributed by atoms with E-state index in [1.54, 1.807) is 36.9 Å². The zero-order chi connectivity index (χ0) is 22.7. The van der Waals surface area contributed by atoms with Crippen LogP contribution in [-0.4, -0.2) is 74.2 Å². The lowest BCUT2D eigenvalue weighted by atomic mass is 10.1. The largest absolute Gasteiger partial charge is 0.490 e. The van der Waals surface area contributed by atoms with E-state index in [4.69, 9.17) is 14.0 Å². The Balaban J connectivity index is 1.45. The van der Waals surface area contributed by atoms with Gasteiger partial charge >= 0.3 is 0 Å². The number of para-hydroxylation sites is 1. The third-order valence-corrected chi connectivity index (χ3v) is 8.02. The molecule has 10 heteroatoms. The quantitative estimate of drug-likeness (QED) is 0.648. The molecule has 2 aliphatic heterocycles. The smallest absolute Gasteiger partial charge is 0.257 e. The zero-order valence-corrected chi connectivity index (χ0v) is 19.3. The van der Waals surface area contributed by atoms with Gasteiger partial charge < -0.3 is 18.9 Å². The molecule has 174 valence electrons. The first kappa shape index (κ1) is 22.8. The number of amides is 1. The first-order valence-corrected chi connectivity index (χ1v) is 12.4. The monoisotopic (exact) mass is 463 g/mol. The molecule has 1 atom stereocenters. The number of ether oxygens (including phenoxy) is 2. The number of benzene rings is 1. The number of carbonyl (C=O) groups is 1. The lowest BCUT2D eigenvalue weighted by Crippen LogP contribution is -2.37. The lowest BCUT2D eigenvalue weighted by Gasteiger charge is -2.23. The fourth-order valence-corrected chi connectivity index (χ4v) is 5.97. The topological polar surface area (TPSA) is 102 Å². The van der Waals surface area contributed by atoms with Gasteiger partial charge in [0.15, 0.2) is 5.76 Å². The maximum absolute atomic E-state index is 13.3. The van der Waals surface area contributed by atoms with E-state index in [1.165, 1.54) is 4.31 Å². The molecule has 0 radical (unpaired) electrons. The Kier molecular flexibility index (Phi) is 6.82. The van der Waals surface area contributed by atoms with Crippen molar-refractivity contribution in [2.24, 2.45) is 0 Å². The highest BCUT2D eigenvalue weighted by atomic mass is 32.2. The van der Waals surface area contributed by atoms with Gasteiger partial charge in [0.05, 0.1) is 11.7 Å². The van der Waals surface area contributed by atoms with Gasteiger partial charge in [0.1, 0.15) is 22.9 Å². The molecule has 2 saturated heterocycles. The standard InChI is InChI=1S/C22H29N3O6S/c1-16-21(17(2)31-23-16)32(27,28)25-11-6-10-24(12-13-25)22(26)19-8-3-4-9-20(19)30-15-18-7-5-14-29-18/h3-4,8-9,18H,5-7,10-15H2,1-2H3. The van der Waals surface area contributed by atoms with Gasteiger partial charge in [-0.25, -0.2) is 8.42 Å². The Bertz CT molecular complexity index is 1040. The average molecular weight is 464 g/mol. The summed E-state index contributed by atoms with van der Waals surface area (Å²) >= 11 is 0. The van der Waals surface area contributed by atoms with Crippen LogP contribution in [0.4, 0.5) is 0 Å². The molecule has 2 fully saturated rings. The number of hydrogen-bond donors (Lipinski definition) is 0. The van der Waals surface area contributed by atoms with E-state index in [0.717, 1.165) is 19.4 Å². The Morgan fingerprint density at radius 2 is 1.97 bits per heavy atom. The SMILES string of the molecule is Cc1noc(C)c1S(=O)(=O)N1CCCN(C(=O)c2ccccc2OCC2CCCO2)CC1. The van der Waals surface area contributed by atoms with Gasteiger partial charge in [0, 0.05) is 32.8 Å². The predicted octanol–water partition coefficient (Wildman–Crippen LogP) is 2.39. The minimum absolute atomic E-state index is 0.0550. The fourth-order valence-electron chi connectivity index (χ4n) is 4.21. The van der Waals surface area contributed by atoms with Gasteiger partial charge in [0.25, 0.3) is 5.91 Å². The predicted molar refractivity (Wildman–Crippen MR) is 116 cm³/mol. The van der Waals surface area contributed by atoms with Crippen LogP contribution in [0.15, 0.2) is 33.7 Å². The molecule has 9 nitrogen and oxygen atoms in total. The Labute approximate surface area is 188 Å². The summed E-state index contributed by atoms with van der Waals surface area (Å²) in [5.74, 6) is 0.638. The normalized spacial score (nSPS) is 20.3. The lowest BCUT2D eigenvalue weighted by molar-refractivity contribution is 0.0652. The third kappa shape index (κ3) is 4.67. The molecule has 1 unspecified atom stereocenters. The van der Waals surface area contributed by atoms with Crippen molar-refractivity contribution in [3.05, 3.63) is 41.3 Å². The molecular formula is C22H29N3O6S. The fraction of sp³-hybridized carbons (Fsp3) is 0.545. The Morgan fingerprint density at radius 1 is 1.16 bits per heavy atom. The minimum atomic E-state index is -3.74. The molecular weight excluding hydrogens is 434 g/mol. The molecule has 2 aromatic rings. The van der Waals surface area contributed by atoms with E-state index < -0.39 is 10.0 Å². The van der Waals surface area contributed by atoms with Crippen LogP contribution < -0.4 is 4.74 Å². The van der Waals surface area contributed by atoms with E-state index in [9.17, 15) is 13.2 Å². The molecule has 1 amide bonds. The van der Waals surface area contributed by atoms with Crippen LogP contribution in [0.25, 0.3) is 0 Å². The van der Waals surface area contributed by atoms with Crippen LogP contribution in [0, 0.1) is 13.8 Å². The van der Waals surface area contributed by atoms with Crippen molar-refractivity contribution in [1.29, 1.82) is 0 Å². The van der Waals surface area contributed by atoms with Gasteiger partial charge in [-0.3, -0.25) is 4.79 Å². The first-order valence-electron chi connectivity index (χ1n) is 10.9. The summed E-state index contributed by atoms with van der Waals surface area (Å²) < 4.78 is 44.3. The number of aromatic nitrogens is 1. The summed E-state index contributed by atoms with van der Waals surface area (Å²) in [5, 5.41) is 3.77.